The number of thiazole rings is 1. The molecule has 0 amide bonds. The molecule has 102 valence electrons. The summed E-state index contributed by atoms with van der Waals surface area (Å²) in [5.74, 6) is 0. The van der Waals surface area contributed by atoms with E-state index in [1.165, 1.54) is 16.9 Å². The Kier molecular flexibility index (Phi) is 4.80. The molecule has 0 radical (unpaired) electrons. The predicted octanol–water partition coefficient (Wildman–Crippen LogP) is 3.61. The summed E-state index contributed by atoms with van der Waals surface area (Å²) < 4.78 is 0. The summed E-state index contributed by atoms with van der Waals surface area (Å²) in [7, 11) is 2.11. The van der Waals surface area contributed by atoms with Gasteiger partial charge in [-0.2, -0.15) is 0 Å². The average molecular weight is 296 g/mol. The first-order valence-electron chi connectivity index (χ1n) is 6.22. The number of anilines is 1. The molecule has 1 aromatic carbocycles. The van der Waals surface area contributed by atoms with Crippen LogP contribution in [-0.2, 0) is 6.42 Å². The molecule has 0 aliphatic carbocycles. The molecule has 2 N–H and O–H groups in total. The molecular weight excluding hydrogens is 278 g/mol. The van der Waals surface area contributed by atoms with Gasteiger partial charge in [-0.25, -0.2) is 4.98 Å². The van der Waals surface area contributed by atoms with Crippen molar-refractivity contribution in [2.24, 2.45) is 0 Å². The first-order valence-corrected chi connectivity index (χ1v) is 7.47. The minimum Gasteiger partial charge on any atom is -0.375 e. The third-order valence-electron chi connectivity index (χ3n) is 3.28. The van der Waals surface area contributed by atoms with Crippen LogP contribution in [0.25, 0.3) is 0 Å². The summed E-state index contributed by atoms with van der Waals surface area (Å²) in [5, 5.41) is 3.44. The van der Waals surface area contributed by atoms with Crippen LogP contribution in [0.5, 0.6) is 0 Å². The second-order valence-corrected chi connectivity index (χ2v) is 5.96. The zero-order valence-electron chi connectivity index (χ0n) is 11.1. The first kappa shape index (κ1) is 14.3. The lowest BCUT2D eigenvalue weighted by Gasteiger charge is -2.24. The second-order valence-electron chi connectivity index (χ2n) is 4.64. The van der Waals surface area contributed by atoms with Crippen LogP contribution >= 0.6 is 22.9 Å². The van der Waals surface area contributed by atoms with Crippen LogP contribution in [0.1, 0.15) is 24.2 Å². The molecule has 1 aromatic heterocycles. The Balaban J connectivity index is 1.94. The molecule has 5 heteroatoms. The average Bonchev–Trinajstić information content (AvgIpc) is 2.81. The number of nitrogen functional groups attached to an aromatic ring is 1. The fourth-order valence-corrected chi connectivity index (χ4v) is 2.74. The minimum atomic E-state index is 0.328. The Morgan fingerprint density at radius 1 is 1.47 bits per heavy atom. The van der Waals surface area contributed by atoms with Gasteiger partial charge >= 0.3 is 0 Å². The van der Waals surface area contributed by atoms with Crippen LogP contribution in [0.2, 0.25) is 5.02 Å². The highest BCUT2D eigenvalue weighted by molar-refractivity contribution is 7.13. The molecule has 2 aromatic rings. The molecule has 2 rings (SSSR count). The number of nitrogens with zero attached hydrogens (tertiary/aromatic N) is 2. The van der Waals surface area contributed by atoms with E-state index in [4.69, 9.17) is 17.3 Å². The van der Waals surface area contributed by atoms with Crippen molar-refractivity contribution in [2.45, 2.75) is 19.4 Å². The van der Waals surface area contributed by atoms with E-state index in [0.717, 1.165) is 23.7 Å². The summed E-state index contributed by atoms with van der Waals surface area (Å²) in [6.07, 6.45) is 0.912. The van der Waals surface area contributed by atoms with Gasteiger partial charge in [-0.3, -0.25) is 4.90 Å². The van der Waals surface area contributed by atoms with Crippen molar-refractivity contribution < 1.29 is 0 Å². The zero-order valence-corrected chi connectivity index (χ0v) is 12.7. The van der Waals surface area contributed by atoms with Gasteiger partial charge in [0.25, 0.3) is 0 Å². The van der Waals surface area contributed by atoms with Crippen molar-refractivity contribution in [1.29, 1.82) is 0 Å². The Morgan fingerprint density at radius 3 is 2.89 bits per heavy atom. The van der Waals surface area contributed by atoms with E-state index in [-0.39, 0.29) is 0 Å². The highest BCUT2D eigenvalue weighted by Gasteiger charge is 2.12. The summed E-state index contributed by atoms with van der Waals surface area (Å²) in [4.78, 5) is 6.57. The molecule has 0 aliphatic heterocycles. The Morgan fingerprint density at radius 2 is 2.26 bits per heavy atom. The van der Waals surface area contributed by atoms with Crippen LogP contribution < -0.4 is 5.73 Å². The Labute approximate surface area is 123 Å². The fourth-order valence-electron chi connectivity index (χ4n) is 1.94. The predicted molar refractivity (Wildman–Crippen MR) is 82.7 cm³/mol. The second kappa shape index (κ2) is 6.37. The number of nitrogens with two attached hydrogens (primary N) is 1. The zero-order chi connectivity index (χ0) is 13.8. The van der Waals surface area contributed by atoms with E-state index in [9.17, 15) is 0 Å². The normalized spacial score (nSPS) is 12.8. The number of rotatable bonds is 5. The van der Waals surface area contributed by atoms with E-state index in [1.807, 2.05) is 23.6 Å². The molecule has 0 fully saturated rings. The number of hydrogen-bond acceptors (Lipinski definition) is 4. The molecule has 0 spiro atoms. The van der Waals surface area contributed by atoms with E-state index >= 15 is 0 Å². The van der Waals surface area contributed by atoms with Crippen LogP contribution in [0.4, 0.5) is 5.13 Å². The largest absolute Gasteiger partial charge is 0.375 e. The van der Waals surface area contributed by atoms with Gasteiger partial charge in [0.1, 0.15) is 0 Å². The van der Waals surface area contributed by atoms with Gasteiger partial charge in [-0.15, -0.1) is 11.3 Å². The van der Waals surface area contributed by atoms with Crippen LogP contribution in [-0.4, -0.2) is 23.5 Å². The Bertz CT molecular complexity index is 541. The lowest BCUT2D eigenvalue weighted by atomic mass is 10.1. The van der Waals surface area contributed by atoms with Gasteiger partial charge in [0, 0.05) is 29.4 Å². The monoisotopic (exact) mass is 295 g/mol. The number of hydrogen-bond donors (Lipinski definition) is 1. The number of halogens is 1. The molecule has 1 heterocycles. The number of aromatic nitrogens is 1. The quantitative estimate of drug-likeness (QED) is 0.916. The summed E-state index contributed by atoms with van der Waals surface area (Å²) >= 11 is 7.52. The maximum Gasteiger partial charge on any atom is 0.180 e. The van der Waals surface area contributed by atoms with Crippen molar-refractivity contribution in [3.8, 4) is 0 Å². The highest BCUT2D eigenvalue weighted by Crippen LogP contribution is 2.22. The number of benzene rings is 1. The fraction of sp³-hybridized carbons (Fsp3) is 0.357. The first-order chi connectivity index (χ1) is 9.06. The molecule has 1 unspecified atom stereocenters. The van der Waals surface area contributed by atoms with E-state index in [1.54, 1.807) is 0 Å². The van der Waals surface area contributed by atoms with Crippen LogP contribution in [0.15, 0.2) is 29.6 Å². The van der Waals surface area contributed by atoms with Crippen molar-refractivity contribution >= 4 is 28.1 Å². The van der Waals surface area contributed by atoms with E-state index in [2.05, 4.69) is 29.9 Å². The van der Waals surface area contributed by atoms with Gasteiger partial charge in [-0.1, -0.05) is 23.7 Å². The molecule has 0 saturated carbocycles. The SMILES string of the molecule is CC(c1cccc(Cl)c1)N(C)CCc1csc(N)n1. The third-order valence-corrected chi connectivity index (χ3v) is 4.24. The van der Waals surface area contributed by atoms with Crippen molar-refractivity contribution in [1.82, 2.24) is 9.88 Å². The highest BCUT2D eigenvalue weighted by atomic mass is 35.5. The van der Waals surface area contributed by atoms with E-state index in [0.29, 0.717) is 11.2 Å². The third kappa shape index (κ3) is 3.93. The molecule has 0 aliphatic rings. The molecule has 19 heavy (non-hydrogen) atoms. The van der Waals surface area contributed by atoms with Gasteiger partial charge in [0.05, 0.1) is 5.69 Å². The van der Waals surface area contributed by atoms with Gasteiger partial charge in [0.15, 0.2) is 5.13 Å². The van der Waals surface area contributed by atoms with Gasteiger partial charge < -0.3 is 5.73 Å². The van der Waals surface area contributed by atoms with Crippen LogP contribution in [0, 0.1) is 0 Å². The van der Waals surface area contributed by atoms with Gasteiger partial charge in [0.2, 0.25) is 0 Å². The van der Waals surface area contributed by atoms with Crippen molar-refractivity contribution in [2.75, 3.05) is 19.3 Å². The summed E-state index contributed by atoms with van der Waals surface area (Å²) in [5.41, 5.74) is 7.92. The molecular formula is C14H18ClN3S. The summed E-state index contributed by atoms with van der Waals surface area (Å²) in [6.45, 7) is 3.12. The lowest BCUT2D eigenvalue weighted by Crippen LogP contribution is -2.25. The molecule has 0 saturated heterocycles. The standard InChI is InChI=1S/C14H18ClN3S/c1-10(11-4-3-5-12(15)8-11)18(2)7-6-13-9-19-14(16)17-13/h3-5,8-10H,6-7H2,1-2H3,(H2,16,17). The van der Waals surface area contributed by atoms with Crippen molar-refractivity contribution in [3.05, 3.63) is 45.9 Å². The molecule has 3 nitrogen and oxygen atoms in total. The lowest BCUT2D eigenvalue weighted by molar-refractivity contribution is 0.264. The van der Waals surface area contributed by atoms with Gasteiger partial charge in [-0.05, 0) is 31.7 Å². The minimum absolute atomic E-state index is 0.328. The number of likely N-dealkylation sites (N-methyl/N-ethyl adjacent to an activating group) is 1. The van der Waals surface area contributed by atoms with Crippen LogP contribution in [0.3, 0.4) is 0 Å². The molecule has 0 bridgehead atoms. The topological polar surface area (TPSA) is 42.1 Å². The maximum absolute atomic E-state index is 6.03. The Hall–Kier alpha value is -1.10. The smallest absolute Gasteiger partial charge is 0.180 e. The van der Waals surface area contributed by atoms with Crippen molar-refractivity contribution in [3.63, 3.8) is 0 Å². The van der Waals surface area contributed by atoms with E-state index < -0.39 is 0 Å². The summed E-state index contributed by atoms with van der Waals surface area (Å²) in [6, 6.07) is 8.34. The molecule has 1 atom stereocenters. The maximum atomic E-state index is 6.03.